The fourth-order valence-corrected chi connectivity index (χ4v) is 4.43. The van der Waals surface area contributed by atoms with Gasteiger partial charge in [0.2, 0.25) is 0 Å². The predicted octanol–water partition coefficient (Wildman–Crippen LogP) is 3.20. The number of ether oxygens (including phenoxy) is 1. The van der Waals surface area contributed by atoms with Gasteiger partial charge < -0.3 is 10.1 Å². The smallest absolute Gasteiger partial charge is 0.325 e. The van der Waals surface area contributed by atoms with Crippen LogP contribution in [-0.2, 0) is 20.9 Å². The van der Waals surface area contributed by atoms with Crippen LogP contribution in [0.25, 0.3) is 0 Å². The number of thiophene rings is 1. The van der Waals surface area contributed by atoms with Crippen LogP contribution in [0.1, 0.15) is 44.1 Å². The second-order valence-electron chi connectivity index (χ2n) is 6.20. The van der Waals surface area contributed by atoms with Crippen molar-refractivity contribution in [2.24, 2.45) is 0 Å². The quantitative estimate of drug-likeness (QED) is 0.572. The number of carbonyl (C=O) groups is 3. The van der Waals surface area contributed by atoms with Crippen LogP contribution in [0, 0.1) is 0 Å². The Bertz CT molecular complexity index is 654. The van der Waals surface area contributed by atoms with E-state index in [0.717, 1.165) is 22.2 Å². The summed E-state index contributed by atoms with van der Waals surface area (Å²) in [6.45, 7) is 0.499. The summed E-state index contributed by atoms with van der Waals surface area (Å²) in [5, 5.41) is 4.76. The molecule has 0 aromatic carbocycles. The molecule has 0 radical (unpaired) electrons. The summed E-state index contributed by atoms with van der Waals surface area (Å²) in [6, 6.07) is 1.57. The van der Waals surface area contributed by atoms with Crippen molar-refractivity contribution in [3.8, 4) is 0 Å². The van der Waals surface area contributed by atoms with E-state index in [9.17, 15) is 14.4 Å². The highest BCUT2D eigenvalue weighted by Crippen LogP contribution is 2.35. The molecule has 1 aliphatic heterocycles. The number of esters is 1. The molecule has 1 aliphatic carbocycles. The Labute approximate surface area is 152 Å². The van der Waals surface area contributed by atoms with E-state index in [4.69, 9.17) is 4.74 Å². The molecule has 2 fully saturated rings. The summed E-state index contributed by atoms with van der Waals surface area (Å²) >= 11 is 4.90. The SMILES string of the molecule is O=C(CCCN1C(=O)NC2(CCCC2)C1=O)OCc1csc(Br)c1. The number of imide groups is 1. The van der Waals surface area contributed by atoms with Gasteiger partial charge in [-0.15, -0.1) is 11.3 Å². The van der Waals surface area contributed by atoms with E-state index in [1.54, 1.807) is 0 Å². The van der Waals surface area contributed by atoms with Gasteiger partial charge in [0, 0.05) is 18.5 Å². The first-order chi connectivity index (χ1) is 11.5. The van der Waals surface area contributed by atoms with E-state index in [0.29, 0.717) is 19.3 Å². The van der Waals surface area contributed by atoms with Crippen molar-refractivity contribution < 1.29 is 19.1 Å². The van der Waals surface area contributed by atoms with Gasteiger partial charge in [0.15, 0.2) is 0 Å². The fraction of sp³-hybridized carbons (Fsp3) is 0.562. The lowest BCUT2D eigenvalue weighted by molar-refractivity contribution is -0.145. The molecule has 1 saturated carbocycles. The first-order valence-electron chi connectivity index (χ1n) is 8.03. The number of hydrogen-bond acceptors (Lipinski definition) is 5. The van der Waals surface area contributed by atoms with Gasteiger partial charge in [0.25, 0.3) is 5.91 Å². The average molecular weight is 415 g/mol. The predicted molar refractivity (Wildman–Crippen MR) is 92.5 cm³/mol. The third kappa shape index (κ3) is 3.64. The molecule has 3 amide bonds. The van der Waals surface area contributed by atoms with Crippen molar-refractivity contribution in [2.45, 2.75) is 50.7 Å². The molecular formula is C16H19BrN2O4S. The van der Waals surface area contributed by atoms with Gasteiger partial charge in [-0.1, -0.05) is 12.8 Å². The van der Waals surface area contributed by atoms with Crippen LogP contribution in [0.5, 0.6) is 0 Å². The molecule has 3 rings (SSSR count). The fourth-order valence-electron chi connectivity index (χ4n) is 3.24. The Hall–Kier alpha value is -1.41. The Balaban J connectivity index is 1.42. The van der Waals surface area contributed by atoms with Crippen LogP contribution in [0.2, 0.25) is 0 Å². The molecule has 6 nitrogen and oxygen atoms in total. The Morgan fingerprint density at radius 1 is 1.38 bits per heavy atom. The van der Waals surface area contributed by atoms with Crippen molar-refractivity contribution in [1.29, 1.82) is 0 Å². The molecular weight excluding hydrogens is 396 g/mol. The number of nitrogens with zero attached hydrogens (tertiary/aromatic N) is 1. The number of carbonyl (C=O) groups excluding carboxylic acids is 3. The summed E-state index contributed by atoms with van der Waals surface area (Å²) in [4.78, 5) is 37.5. The maximum Gasteiger partial charge on any atom is 0.325 e. The minimum absolute atomic E-state index is 0.138. The molecule has 1 saturated heterocycles. The van der Waals surface area contributed by atoms with Crippen LogP contribution in [0.4, 0.5) is 4.79 Å². The summed E-state index contributed by atoms with van der Waals surface area (Å²) in [5.74, 6) is -0.457. The molecule has 2 heterocycles. The van der Waals surface area contributed by atoms with Crippen LogP contribution in [0.15, 0.2) is 15.2 Å². The highest BCUT2D eigenvalue weighted by atomic mass is 79.9. The van der Waals surface area contributed by atoms with Crippen molar-refractivity contribution in [1.82, 2.24) is 10.2 Å². The van der Waals surface area contributed by atoms with E-state index in [1.807, 2.05) is 11.4 Å². The third-order valence-corrected chi connectivity index (χ3v) is 6.04. The van der Waals surface area contributed by atoms with Crippen molar-refractivity contribution in [3.63, 3.8) is 0 Å². The highest BCUT2D eigenvalue weighted by molar-refractivity contribution is 9.11. The lowest BCUT2D eigenvalue weighted by Crippen LogP contribution is -2.44. The van der Waals surface area contributed by atoms with Gasteiger partial charge in [0.1, 0.15) is 12.1 Å². The van der Waals surface area contributed by atoms with Crippen LogP contribution in [0.3, 0.4) is 0 Å². The van der Waals surface area contributed by atoms with Gasteiger partial charge in [-0.2, -0.15) is 0 Å². The minimum atomic E-state index is -0.677. The van der Waals surface area contributed by atoms with Crippen molar-refractivity contribution >= 4 is 45.2 Å². The zero-order valence-electron chi connectivity index (χ0n) is 13.2. The first-order valence-corrected chi connectivity index (χ1v) is 9.70. The summed E-state index contributed by atoms with van der Waals surface area (Å²) in [5.41, 5.74) is 0.265. The number of nitrogens with one attached hydrogen (secondary N) is 1. The van der Waals surface area contributed by atoms with Crippen molar-refractivity contribution in [2.75, 3.05) is 6.54 Å². The summed E-state index contributed by atoms with van der Waals surface area (Å²) < 4.78 is 6.19. The van der Waals surface area contributed by atoms with E-state index >= 15 is 0 Å². The lowest BCUT2D eigenvalue weighted by atomic mass is 9.98. The molecule has 0 atom stereocenters. The molecule has 0 bridgehead atoms. The van der Waals surface area contributed by atoms with Crippen LogP contribution in [-0.4, -0.2) is 34.9 Å². The lowest BCUT2D eigenvalue weighted by Gasteiger charge is -2.19. The molecule has 0 unspecified atom stereocenters. The second kappa shape index (κ2) is 7.23. The van der Waals surface area contributed by atoms with Gasteiger partial charge >= 0.3 is 12.0 Å². The minimum Gasteiger partial charge on any atom is -0.461 e. The average Bonchev–Trinajstić information content (AvgIpc) is 3.23. The van der Waals surface area contributed by atoms with E-state index in [-0.39, 0.29) is 37.5 Å². The molecule has 1 aromatic heterocycles. The number of hydrogen-bond donors (Lipinski definition) is 1. The number of rotatable bonds is 6. The number of halogens is 1. The Kier molecular flexibility index (Phi) is 5.24. The largest absolute Gasteiger partial charge is 0.461 e. The highest BCUT2D eigenvalue weighted by Gasteiger charge is 2.51. The van der Waals surface area contributed by atoms with E-state index in [2.05, 4.69) is 21.2 Å². The maximum atomic E-state index is 12.5. The Morgan fingerprint density at radius 3 is 2.79 bits per heavy atom. The van der Waals surface area contributed by atoms with E-state index < -0.39 is 5.54 Å². The van der Waals surface area contributed by atoms with Gasteiger partial charge in [0.05, 0.1) is 3.79 Å². The van der Waals surface area contributed by atoms with Gasteiger partial charge in [-0.05, 0) is 46.6 Å². The molecule has 24 heavy (non-hydrogen) atoms. The molecule has 1 aromatic rings. The number of amides is 3. The molecule has 130 valence electrons. The summed E-state index contributed by atoms with van der Waals surface area (Å²) in [6.07, 6.45) is 3.96. The molecule has 1 N–H and O–H groups in total. The monoisotopic (exact) mass is 414 g/mol. The molecule has 8 heteroatoms. The maximum absolute atomic E-state index is 12.5. The van der Waals surface area contributed by atoms with Crippen molar-refractivity contribution in [3.05, 3.63) is 20.8 Å². The topological polar surface area (TPSA) is 75.7 Å². The standard InChI is InChI=1S/C16H19BrN2O4S/c17-12-8-11(10-24-12)9-23-13(20)4-3-7-19-14(21)16(18-15(19)22)5-1-2-6-16/h8,10H,1-7,9H2,(H,18,22). The first kappa shape index (κ1) is 17.4. The van der Waals surface area contributed by atoms with Crippen LogP contribution < -0.4 is 5.32 Å². The van der Waals surface area contributed by atoms with Gasteiger partial charge in [-0.3, -0.25) is 14.5 Å². The van der Waals surface area contributed by atoms with E-state index in [1.165, 1.54) is 16.2 Å². The Morgan fingerprint density at radius 2 is 2.12 bits per heavy atom. The third-order valence-electron chi connectivity index (χ3n) is 4.49. The molecule has 2 aliphatic rings. The normalized spacial score (nSPS) is 19.1. The zero-order valence-corrected chi connectivity index (χ0v) is 15.6. The van der Waals surface area contributed by atoms with Crippen LogP contribution >= 0.6 is 27.3 Å². The zero-order chi connectivity index (χ0) is 17.2. The molecule has 1 spiro atoms. The summed E-state index contributed by atoms with van der Waals surface area (Å²) in [7, 11) is 0. The number of urea groups is 1. The van der Waals surface area contributed by atoms with Gasteiger partial charge in [-0.25, -0.2) is 4.79 Å². The second-order valence-corrected chi connectivity index (χ2v) is 8.49.